The van der Waals surface area contributed by atoms with Gasteiger partial charge in [0.15, 0.2) is 5.65 Å². The number of fused-ring (bicyclic) bond motifs is 2. The second kappa shape index (κ2) is 5.27. The van der Waals surface area contributed by atoms with Crippen molar-refractivity contribution in [3.8, 4) is 0 Å². The molecule has 1 N–H and O–H groups in total. The molecular formula is C16H12ClN5. The summed E-state index contributed by atoms with van der Waals surface area (Å²) in [5.41, 5.74) is 1.82. The van der Waals surface area contributed by atoms with E-state index < -0.39 is 0 Å². The Bertz CT molecular complexity index is 963. The molecule has 0 saturated heterocycles. The minimum Gasteiger partial charge on any atom is -0.364 e. The lowest BCUT2D eigenvalue weighted by molar-refractivity contribution is 0.852. The predicted octanol–water partition coefficient (Wildman–Crippen LogP) is 3.54. The summed E-state index contributed by atoms with van der Waals surface area (Å²) < 4.78 is 1.80. The summed E-state index contributed by atoms with van der Waals surface area (Å²) in [6, 6.07) is 13.7. The number of benzene rings is 1. The number of hydrogen-bond acceptors (Lipinski definition) is 4. The maximum Gasteiger partial charge on any atom is 0.155 e. The Morgan fingerprint density at radius 3 is 2.95 bits per heavy atom. The molecule has 0 amide bonds. The number of nitrogens with zero attached hydrogens (tertiary/aromatic N) is 4. The van der Waals surface area contributed by atoms with Crippen molar-refractivity contribution in [1.29, 1.82) is 0 Å². The van der Waals surface area contributed by atoms with Crippen molar-refractivity contribution in [2.45, 2.75) is 6.54 Å². The fourth-order valence-electron chi connectivity index (χ4n) is 2.45. The highest BCUT2D eigenvalue weighted by Gasteiger charge is 2.05. The molecule has 0 fully saturated rings. The SMILES string of the molecule is Clc1nc(NCc2ccnc3ccnn23)cc2ccccc12. The zero-order valence-corrected chi connectivity index (χ0v) is 12.3. The van der Waals surface area contributed by atoms with E-state index >= 15 is 0 Å². The van der Waals surface area contributed by atoms with Gasteiger partial charge in [-0.2, -0.15) is 5.10 Å². The zero-order valence-electron chi connectivity index (χ0n) is 11.6. The van der Waals surface area contributed by atoms with E-state index in [0.29, 0.717) is 11.7 Å². The summed E-state index contributed by atoms with van der Waals surface area (Å²) in [4.78, 5) is 8.64. The second-order valence-corrected chi connectivity index (χ2v) is 5.27. The Labute approximate surface area is 131 Å². The van der Waals surface area contributed by atoms with Crippen molar-refractivity contribution in [1.82, 2.24) is 19.6 Å². The Hall–Kier alpha value is -2.66. The number of rotatable bonds is 3. The van der Waals surface area contributed by atoms with Gasteiger partial charge in [0.2, 0.25) is 0 Å². The summed E-state index contributed by atoms with van der Waals surface area (Å²) in [6.45, 7) is 0.586. The van der Waals surface area contributed by atoms with Crippen LogP contribution in [0.15, 0.2) is 54.9 Å². The third-order valence-corrected chi connectivity index (χ3v) is 3.80. The number of nitrogens with one attached hydrogen (secondary N) is 1. The van der Waals surface area contributed by atoms with Gasteiger partial charge in [0.25, 0.3) is 0 Å². The maximum atomic E-state index is 6.24. The van der Waals surface area contributed by atoms with Gasteiger partial charge in [-0.25, -0.2) is 14.5 Å². The van der Waals surface area contributed by atoms with Gasteiger partial charge < -0.3 is 5.32 Å². The molecule has 0 aliphatic heterocycles. The number of aromatic nitrogens is 4. The molecule has 0 saturated carbocycles. The Kier molecular flexibility index (Phi) is 3.12. The highest BCUT2D eigenvalue weighted by Crippen LogP contribution is 2.24. The van der Waals surface area contributed by atoms with Crippen LogP contribution in [0, 0.1) is 0 Å². The van der Waals surface area contributed by atoms with E-state index in [-0.39, 0.29) is 0 Å². The van der Waals surface area contributed by atoms with Crippen molar-refractivity contribution < 1.29 is 0 Å². The lowest BCUT2D eigenvalue weighted by atomic mass is 10.2. The molecule has 3 heterocycles. The Morgan fingerprint density at radius 2 is 2.00 bits per heavy atom. The molecule has 4 rings (SSSR count). The van der Waals surface area contributed by atoms with Crippen molar-refractivity contribution in [3.05, 3.63) is 65.7 Å². The first kappa shape index (κ1) is 13.0. The first-order valence-corrected chi connectivity index (χ1v) is 7.26. The summed E-state index contributed by atoms with van der Waals surface area (Å²) in [6.07, 6.45) is 3.51. The molecule has 0 unspecified atom stereocenters. The van der Waals surface area contributed by atoms with E-state index in [1.54, 1.807) is 16.9 Å². The average molecular weight is 310 g/mol. The monoisotopic (exact) mass is 309 g/mol. The lowest BCUT2D eigenvalue weighted by Gasteiger charge is -2.09. The molecule has 0 aliphatic rings. The molecule has 1 aromatic carbocycles. The largest absolute Gasteiger partial charge is 0.364 e. The molecule has 0 atom stereocenters. The second-order valence-electron chi connectivity index (χ2n) is 4.91. The van der Waals surface area contributed by atoms with Crippen LogP contribution in [0.3, 0.4) is 0 Å². The van der Waals surface area contributed by atoms with Crippen molar-refractivity contribution in [2.75, 3.05) is 5.32 Å². The number of halogens is 1. The third kappa shape index (κ3) is 2.25. The van der Waals surface area contributed by atoms with E-state index in [0.717, 1.165) is 27.9 Å². The van der Waals surface area contributed by atoms with Gasteiger partial charge in [-0.1, -0.05) is 35.9 Å². The van der Waals surface area contributed by atoms with E-state index in [9.17, 15) is 0 Å². The molecule has 22 heavy (non-hydrogen) atoms. The van der Waals surface area contributed by atoms with Gasteiger partial charge >= 0.3 is 0 Å². The molecule has 5 nitrogen and oxygen atoms in total. The van der Waals surface area contributed by atoms with Crippen molar-refractivity contribution in [3.63, 3.8) is 0 Å². The summed E-state index contributed by atoms with van der Waals surface area (Å²) in [5, 5.41) is 10.1. The quantitative estimate of drug-likeness (QED) is 0.588. The van der Waals surface area contributed by atoms with E-state index in [2.05, 4.69) is 20.4 Å². The van der Waals surface area contributed by atoms with Crippen LogP contribution < -0.4 is 5.32 Å². The molecule has 6 heteroatoms. The highest BCUT2D eigenvalue weighted by molar-refractivity contribution is 6.34. The maximum absolute atomic E-state index is 6.24. The summed E-state index contributed by atoms with van der Waals surface area (Å²) in [7, 11) is 0. The molecule has 0 spiro atoms. The summed E-state index contributed by atoms with van der Waals surface area (Å²) >= 11 is 6.24. The normalized spacial score (nSPS) is 11.1. The van der Waals surface area contributed by atoms with Crippen LogP contribution in [0.5, 0.6) is 0 Å². The van der Waals surface area contributed by atoms with Gasteiger partial charge in [-0.3, -0.25) is 0 Å². The minimum atomic E-state index is 0.500. The average Bonchev–Trinajstić information content (AvgIpc) is 3.02. The van der Waals surface area contributed by atoms with Crippen molar-refractivity contribution >= 4 is 33.8 Å². The number of anilines is 1. The van der Waals surface area contributed by atoms with Crippen LogP contribution in [-0.2, 0) is 6.54 Å². The van der Waals surface area contributed by atoms with Gasteiger partial charge in [-0.15, -0.1) is 0 Å². The van der Waals surface area contributed by atoms with Gasteiger partial charge in [0.05, 0.1) is 18.4 Å². The molecule has 108 valence electrons. The van der Waals surface area contributed by atoms with Crippen LogP contribution in [0.25, 0.3) is 16.4 Å². The molecule has 4 aromatic rings. The van der Waals surface area contributed by atoms with E-state index in [4.69, 9.17) is 11.6 Å². The van der Waals surface area contributed by atoms with Crippen LogP contribution >= 0.6 is 11.6 Å². The first-order valence-electron chi connectivity index (χ1n) is 6.88. The van der Waals surface area contributed by atoms with E-state index in [1.165, 1.54) is 0 Å². The van der Waals surface area contributed by atoms with Crippen LogP contribution in [0.4, 0.5) is 5.82 Å². The number of hydrogen-bond donors (Lipinski definition) is 1. The molecular weight excluding hydrogens is 298 g/mol. The third-order valence-electron chi connectivity index (χ3n) is 3.51. The van der Waals surface area contributed by atoms with Gasteiger partial charge in [0, 0.05) is 17.6 Å². The highest BCUT2D eigenvalue weighted by atomic mass is 35.5. The van der Waals surface area contributed by atoms with Crippen LogP contribution in [0.1, 0.15) is 5.69 Å². The predicted molar refractivity (Wildman–Crippen MR) is 87.1 cm³/mol. The smallest absolute Gasteiger partial charge is 0.155 e. The van der Waals surface area contributed by atoms with Gasteiger partial charge in [-0.05, 0) is 17.5 Å². The van der Waals surface area contributed by atoms with E-state index in [1.807, 2.05) is 42.5 Å². The number of pyridine rings is 1. The fraction of sp³-hybridized carbons (Fsp3) is 0.0625. The van der Waals surface area contributed by atoms with Crippen LogP contribution in [-0.4, -0.2) is 19.6 Å². The van der Waals surface area contributed by atoms with Crippen LogP contribution in [0.2, 0.25) is 5.15 Å². The molecule has 0 aliphatic carbocycles. The Morgan fingerprint density at radius 1 is 1.09 bits per heavy atom. The molecule has 3 aromatic heterocycles. The molecule has 0 bridgehead atoms. The van der Waals surface area contributed by atoms with Gasteiger partial charge in [0.1, 0.15) is 11.0 Å². The minimum absolute atomic E-state index is 0.500. The zero-order chi connectivity index (χ0) is 14.9. The summed E-state index contributed by atoms with van der Waals surface area (Å²) in [5.74, 6) is 0.737. The standard InChI is InChI=1S/C16H12ClN5/c17-16-13-4-2-1-3-11(13)9-14(21-16)19-10-12-5-7-18-15-6-8-20-22(12)15/h1-9H,10H2,(H,19,21). The van der Waals surface area contributed by atoms with Crippen molar-refractivity contribution in [2.24, 2.45) is 0 Å². The first-order chi connectivity index (χ1) is 10.8. The lowest BCUT2D eigenvalue weighted by Crippen LogP contribution is -2.07. The Balaban J connectivity index is 1.65. The molecule has 0 radical (unpaired) electrons. The fourth-order valence-corrected chi connectivity index (χ4v) is 2.71. The topological polar surface area (TPSA) is 55.1 Å².